The maximum absolute atomic E-state index is 6.22. The van der Waals surface area contributed by atoms with Crippen LogP contribution in [0.1, 0.15) is 11.1 Å². The number of aromatic nitrogens is 4. The molecule has 0 atom stereocenters. The number of ether oxygens (including phenoxy) is 1. The van der Waals surface area contributed by atoms with Gasteiger partial charge in [0.1, 0.15) is 18.0 Å². The summed E-state index contributed by atoms with van der Waals surface area (Å²) in [5, 5.41) is 0.821. The fourth-order valence-electron chi connectivity index (χ4n) is 4.00. The van der Waals surface area contributed by atoms with Gasteiger partial charge in [-0.25, -0.2) is 19.9 Å². The molecule has 2 N–H and O–H groups in total. The number of benzene rings is 1. The molecule has 162 valence electrons. The zero-order valence-corrected chi connectivity index (χ0v) is 19.1. The van der Waals surface area contributed by atoms with Crippen molar-refractivity contribution in [2.45, 2.75) is 12.8 Å². The second kappa shape index (κ2) is 9.18. The number of nitrogen functional groups attached to an aromatic ring is 1. The highest BCUT2D eigenvalue weighted by atomic mass is 79.9. The topological polar surface area (TPSA) is 90.0 Å². The predicted molar refractivity (Wildman–Crippen MR) is 130 cm³/mol. The molecular formula is C24H23BrN6O. The van der Waals surface area contributed by atoms with E-state index in [4.69, 9.17) is 15.5 Å². The largest absolute Gasteiger partial charge is 0.383 e. The SMILES string of the molecule is Nc1ncnc2nc(-c3ccc(N4CCOCC4)nc3)cc(CCc3ccccc3Br)c12. The molecule has 0 unspecified atom stereocenters. The number of anilines is 2. The van der Waals surface area contributed by atoms with Crippen molar-refractivity contribution in [3.8, 4) is 11.3 Å². The number of rotatable bonds is 5. The van der Waals surface area contributed by atoms with Crippen molar-refractivity contribution in [3.63, 3.8) is 0 Å². The van der Waals surface area contributed by atoms with Gasteiger partial charge in [-0.3, -0.25) is 0 Å². The molecule has 3 aromatic heterocycles. The lowest BCUT2D eigenvalue weighted by Gasteiger charge is -2.27. The minimum atomic E-state index is 0.456. The van der Waals surface area contributed by atoms with Crippen molar-refractivity contribution in [2.75, 3.05) is 36.9 Å². The van der Waals surface area contributed by atoms with Gasteiger partial charge in [-0.1, -0.05) is 34.1 Å². The number of nitrogens with two attached hydrogens (primary N) is 1. The zero-order chi connectivity index (χ0) is 21.9. The summed E-state index contributed by atoms with van der Waals surface area (Å²) in [5.74, 6) is 1.41. The molecule has 4 aromatic rings. The summed E-state index contributed by atoms with van der Waals surface area (Å²) in [7, 11) is 0. The number of aryl methyl sites for hydroxylation is 2. The van der Waals surface area contributed by atoms with Gasteiger partial charge in [0.2, 0.25) is 0 Å². The molecule has 8 heteroatoms. The van der Waals surface area contributed by atoms with Gasteiger partial charge < -0.3 is 15.4 Å². The van der Waals surface area contributed by atoms with Crippen LogP contribution in [0.4, 0.5) is 11.6 Å². The molecule has 1 aliphatic rings. The number of hydrogen-bond donors (Lipinski definition) is 1. The van der Waals surface area contributed by atoms with Crippen molar-refractivity contribution < 1.29 is 4.74 Å². The van der Waals surface area contributed by atoms with Gasteiger partial charge in [0.25, 0.3) is 0 Å². The van der Waals surface area contributed by atoms with Crippen LogP contribution in [0.15, 0.2) is 59.5 Å². The third-order valence-electron chi connectivity index (χ3n) is 5.72. The lowest BCUT2D eigenvalue weighted by atomic mass is 10.00. The van der Waals surface area contributed by atoms with E-state index in [1.807, 2.05) is 18.3 Å². The first-order valence-electron chi connectivity index (χ1n) is 10.6. The fourth-order valence-corrected chi connectivity index (χ4v) is 4.48. The van der Waals surface area contributed by atoms with E-state index < -0.39 is 0 Å². The quantitative estimate of drug-likeness (QED) is 0.451. The minimum Gasteiger partial charge on any atom is -0.383 e. The molecule has 4 heterocycles. The average Bonchev–Trinajstić information content (AvgIpc) is 2.84. The highest BCUT2D eigenvalue weighted by Gasteiger charge is 2.15. The van der Waals surface area contributed by atoms with E-state index >= 15 is 0 Å². The molecule has 1 saturated heterocycles. The van der Waals surface area contributed by atoms with Crippen LogP contribution >= 0.6 is 15.9 Å². The first-order valence-corrected chi connectivity index (χ1v) is 11.4. The second-order valence-corrected chi connectivity index (χ2v) is 8.57. The van der Waals surface area contributed by atoms with Crippen molar-refractivity contribution in [1.29, 1.82) is 0 Å². The smallest absolute Gasteiger partial charge is 0.165 e. The Hall–Kier alpha value is -3.10. The van der Waals surface area contributed by atoms with Crippen molar-refractivity contribution in [1.82, 2.24) is 19.9 Å². The number of morpholine rings is 1. The van der Waals surface area contributed by atoms with Crippen LogP contribution in [0, 0.1) is 0 Å². The summed E-state index contributed by atoms with van der Waals surface area (Å²) < 4.78 is 6.54. The van der Waals surface area contributed by atoms with Crippen LogP contribution in [0.5, 0.6) is 0 Å². The van der Waals surface area contributed by atoms with Gasteiger partial charge in [0, 0.05) is 29.3 Å². The van der Waals surface area contributed by atoms with E-state index in [-0.39, 0.29) is 0 Å². The first kappa shape index (κ1) is 20.8. The summed E-state index contributed by atoms with van der Waals surface area (Å²) in [6.07, 6.45) is 5.00. The molecule has 5 rings (SSSR count). The van der Waals surface area contributed by atoms with Crippen LogP contribution in [0.25, 0.3) is 22.3 Å². The zero-order valence-electron chi connectivity index (χ0n) is 17.5. The summed E-state index contributed by atoms with van der Waals surface area (Å²) in [6, 6.07) is 14.5. The van der Waals surface area contributed by atoms with Crippen molar-refractivity contribution in [3.05, 3.63) is 70.6 Å². The Balaban J connectivity index is 1.49. The van der Waals surface area contributed by atoms with Crippen molar-refractivity contribution >= 4 is 38.6 Å². The molecule has 1 fully saturated rings. The third-order valence-corrected chi connectivity index (χ3v) is 6.49. The highest BCUT2D eigenvalue weighted by Crippen LogP contribution is 2.29. The van der Waals surface area contributed by atoms with Gasteiger partial charge in [-0.15, -0.1) is 0 Å². The number of pyridine rings is 2. The average molecular weight is 491 g/mol. The monoisotopic (exact) mass is 490 g/mol. The lowest BCUT2D eigenvalue weighted by Crippen LogP contribution is -2.36. The third kappa shape index (κ3) is 4.28. The molecular weight excluding hydrogens is 468 g/mol. The van der Waals surface area contributed by atoms with Crippen molar-refractivity contribution in [2.24, 2.45) is 0 Å². The molecule has 0 bridgehead atoms. The van der Waals surface area contributed by atoms with Gasteiger partial charge in [0.15, 0.2) is 5.65 Å². The number of nitrogens with zero attached hydrogens (tertiary/aromatic N) is 5. The van der Waals surface area contributed by atoms with E-state index in [1.54, 1.807) is 0 Å². The molecule has 0 saturated carbocycles. The standard InChI is InChI=1S/C24H23BrN6O/c25-19-4-2-1-3-16(19)5-6-17-13-20(30-24-22(17)23(26)28-15-29-24)18-7-8-21(27-14-18)31-9-11-32-12-10-31/h1-4,7-8,13-15H,5-6,9-12H2,(H2,26,28,29,30). The summed E-state index contributed by atoms with van der Waals surface area (Å²) >= 11 is 3.64. The normalized spacial score (nSPS) is 14.1. The van der Waals surface area contributed by atoms with E-state index in [9.17, 15) is 0 Å². The van der Waals surface area contributed by atoms with Gasteiger partial charge in [0.05, 0.1) is 24.3 Å². The Morgan fingerprint density at radius 1 is 0.969 bits per heavy atom. The van der Waals surface area contributed by atoms with Gasteiger partial charge in [-0.05, 0) is 48.2 Å². The Morgan fingerprint density at radius 3 is 2.56 bits per heavy atom. The first-order chi connectivity index (χ1) is 15.7. The maximum atomic E-state index is 6.22. The number of fused-ring (bicyclic) bond motifs is 1. The number of hydrogen-bond acceptors (Lipinski definition) is 7. The van der Waals surface area contributed by atoms with Gasteiger partial charge >= 0.3 is 0 Å². The second-order valence-electron chi connectivity index (χ2n) is 7.72. The molecule has 7 nitrogen and oxygen atoms in total. The van der Waals surface area contributed by atoms with E-state index in [1.165, 1.54) is 11.9 Å². The molecule has 1 aromatic carbocycles. The predicted octanol–water partition coefficient (Wildman–Crippen LogP) is 4.05. The van der Waals surface area contributed by atoms with Crippen LogP contribution in [0.2, 0.25) is 0 Å². The van der Waals surface area contributed by atoms with Crippen LogP contribution < -0.4 is 10.6 Å². The van der Waals surface area contributed by atoms with Crippen LogP contribution in [-0.4, -0.2) is 46.2 Å². The maximum Gasteiger partial charge on any atom is 0.165 e. The minimum absolute atomic E-state index is 0.456. The fraction of sp³-hybridized carbons (Fsp3) is 0.250. The molecule has 0 radical (unpaired) electrons. The van der Waals surface area contributed by atoms with Crippen LogP contribution in [0.3, 0.4) is 0 Å². The van der Waals surface area contributed by atoms with Gasteiger partial charge in [-0.2, -0.15) is 0 Å². The molecule has 0 spiro atoms. The Kier molecular flexibility index (Phi) is 5.96. The summed E-state index contributed by atoms with van der Waals surface area (Å²) in [5.41, 5.74) is 10.9. The van der Waals surface area contributed by atoms with E-state index in [0.717, 1.165) is 71.6 Å². The molecule has 1 aliphatic heterocycles. The summed E-state index contributed by atoms with van der Waals surface area (Å²) in [4.78, 5) is 20.3. The van der Waals surface area contributed by atoms with Crippen LogP contribution in [-0.2, 0) is 17.6 Å². The highest BCUT2D eigenvalue weighted by molar-refractivity contribution is 9.10. The van der Waals surface area contributed by atoms with E-state index in [0.29, 0.717) is 11.5 Å². The molecule has 0 aliphatic carbocycles. The van der Waals surface area contributed by atoms with E-state index in [2.05, 4.69) is 66.1 Å². The lowest BCUT2D eigenvalue weighted by molar-refractivity contribution is 0.122. The Morgan fingerprint density at radius 2 is 1.78 bits per heavy atom. The molecule has 0 amide bonds. The molecule has 32 heavy (non-hydrogen) atoms. The Labute approximate surface area is 194 Å². The Bertz CT molecular complexity index is 1240. The summed E-state index contributed by atoms with van der Waals surface area (Å²) in [6.45, 7) is 3.18. The number of halogens is 1.